The molecule has 0 aliphatic heterocycles. The third kappa shape index (κ3) is 6.08. The van der Waals surface area contributed by atoms with Gasteiger partial charge in [-0.05, 0) is 55.9 Å². The van der Waals surface area contributed by atoms with Crippen LogP contribution in [-0.2, 0) is 11.2 Å². The van der Waals surface area contributed by atoms with Crippen LogP contribution in [0.25, 0.3) is 0 Å². The van der Waals surface area contributed by atoms with E-state index in [1.165, 1.54) is 40.8 Å². The number of thiazole rings is 1. The van der Waals surface area contributed by atoms with E-state index in [0.29, 0.717) is 27.7 Å². The Balaban J connectivity index is 1.40. The second-order valence-corrected chi connectivity index (χ2v) is 9.05. The van der Waals surface area contributed by atoms with Crippen LogP contribution in [0.4, 0.5) is 21.2 Å². The van der Waals surface area contributed by atoms with E-state index >= 15 is 0 Å². The van der Waals surface area contributed by atoms with Gasteiger partial charge in [0.1, 0.15) is 11.6 Å². The van der Waals surface area contributed by atoms with E-state index in [-0.39, 0.29) is 12.3 Å². The Morgan fingerprint density at radius 3 is 2.69 bits per heavy atom. The normalized spacial score (nSPS) is 10.7. The summed E-state index contributed by atoms with van der Waals surface area (Å²) in [7, 11) is 0. The summed E-state index contributed by atoms with van der Waals surface area (Å²) in [5.74, 6) is 0.318. The minimum absolute atomic E-state index is 0.126. The van der Waals surface area contributed by atoms with Gasteiger partial charge in [-0.3, -0.25) is 10.1 Å². The lowest BCUT2D eigenvalue weighted by Crippen LogP contribution is -2.13. The molecule has 2 N–H and O–H groups in total. The lowest BCUT2D eigenvalue weighted by Gasteiger charge is -2.05. The molecule has 0 saturated heterocycles. The Labute approximate surface area is 192 Å². The Morgan fingerprint density at radius 1 is 1.09 bits per heavy atom. The van der Waals surface area contributed by atoms with Gasteiger partial charge >= 0.3 is 0 Å². The van der Waals surface area contributed by atoms with E-state index in [1.54, 1.807) is 25.3 Å². The fraction of sp³-hybridized carbons (Fsp3) is 0.136. The van der Waals surface area contributed by atoms with Crippen LogP contribution in [0.2, 0.25) is 0 Å². The third-order valence-electron chi connectivity index (χ3n) is 4.17. The highest BCUT2D eigenvalue weighted by Crippen LogP contribution is 2.27. The molecular formula is C22H19FN6OS2. The zero-order valence-corrected chi connectivity index (χ0v) is 18.9. The molecule has 0 spiro atoms. The summed E-state index contributed by atoms with van der Waals surface area (Å²) in [4.78, 5) is 31.5. The zero-order valence-electron chi connectivity index (χ0n) is 17.3. The van der Waals surface area contributed by atoms with Crippen molar-refractivity contribution in [3.63, 3.8) is 0 Å². The second-order valence-electron chi connectivity index (χ2n) is 6.90. The fourth-order valence-electron chi connectivity index (χ4n) is 2.74. The predicted molar refractivity (Wildman–Crippen MR) is 124 cm³/mol. The lowest BCUT2D eigenvalue weighted by atomic mass is 10.2. The Hall–Kier alpha value is -3.37. The molecule has 0 aliphatic rings. The molecule has 10 heteroatoms. The van der Waals surface area contributed by atoms with Crippen molar-refractivity contribution in [1.82, 2.24) is 19.9 Å². The number of benzene rings is 2. The molecule has 4 rings (SSSR count). The first-order valence-electron chi connectivity index (χ1n) is 9.67. The van der Waals surface area contributed by atoms with Crippen molar-refractivity contribution in [1.29, 1.82) is 0 Å². The first-order chi connectivity index (χ1) is 15.4. The predicted octanol–water partition coefficient (Wildman–Crippen LogP) is 5.16. The van der Waals surface area contributed by atoms with Crippen molar-refractivity contribution in [3.8, 4) is 0 Å². The molecule has 0 saturated carbocycles. The van der Waals surface area contributed by atoms with Gasteiger partial charge in [0.25, 0.3) is 0 Å². The van der Waals surface area contributed by atoms with Crippen LogP contribution >= 0.6 is 23.1 Å². The largest absolute Gasteiger partial charge is 0.326 e. The maximum atomic E-state index is 13.3. The van der Waals surface area contributed by atoms with Crippen molar-refractivity contribution in [2.24, 2.45) is 0 Å². The highest BCUT2D eigenvalue weighted by molar-refractivity contribution is 7.99. The van der Waals surface area contributed by atoms with E-state index in [9.17, 15) is 9.18 Å². The number of anilines is 3. The Morgan fingerprint density at radius 2 is 1.91 bits per heavy atom. The van der Waals surface area contributed by atoms with Crippen molar-refractivity contribution >= 4 is 45.8 Å². The van der Waals surface area contributed by atoms with Gasteiger partial charge in [0.05, 0.1) is 6.42 Å². The smallest absolute Gasteiger partial charge is 0.233 e. The SMILES string of the molecule is Cc1ccc(Sc2nc(C)nc(Nc3ncc(CC(=O)Nc4cccc(F)c4)s3)n2)cc1. The van der Waals surface area contributed by atoms with E-state index < -0.39 is 5.82 Å². The van der Waals surface area contributed by atoms with Gasteiger partial charge in [-0.15, -0.1) is 11.3 Å². The molecule has 2 aromatic heterocycles. The van der Waals surface area contributed by atoms with E-state index in [2.05, 4.69) is 30.6 Å². The average Bonchev–Trinajstić information content (AvgIpc) is 3.15. The number of aromatic nitrogens is 4. The summed E-state index contributed by atoms with van der Waals surface area (Å²) in [6.07, 6.45) is 1.74. The van der Waals surface area contributed by atoms with Gasteiger partial charge in [-0.25, -0.2) is 14.4 Å². The quantitative estimate of drug-likeness (QED) is 0.389. The number of aryl methyl sites for hydroxylation is 2. The standard InChI is InChI=1S/C22H19FN6OS2/c1-13-6-8-17(9-7-13)31-22-26-14(2)25-20(29-22)28-21-24-12-18(32-21)11-19(30)27-16-5-3-4-15(23)10-16/h3-10,12H,11H2,1-2H3,(H,27,30)(H,24,25,26,28,29). The maximum Gasteiger partial charge on any atom is 0.233 e. The summed E-state index contributed by atoms with van der Waals surface area (Å²) in [5.41, 5.74) is 1.60. The topological polar surface area (TPSA) is 92.7 Å². The van der Waals surface area contributed by atoms with Crippen molar-refractivity contribution in [2.45, 2.75) is 30.3 Å². The summed E-state index contributed by atoms with van der Waals surface area (Å²) in [5, 5.41) is 6.90. The van der Waals surface area contributed by atoms with Crippen LogP contribution in [0.15, 0.2) is 64.8 Å². The molecule has 4 aromatic rings. The van der Waals surface area contributed by atoms with Crippen LogP contribution in [-0.4, -0.2) is 25.8 Å². The summed E-state index contributed by atoms with van der Waals surface area (Å²) in [6.45, 7) is 3.84. The number of carbonyl (C=O) groups is 1. The highest BCUT2D eigenvalue weighted by Gasteiger charge is 2.11. The second kappa shape index (κ2) is 9.84. The van der Waals surface area contributed by atoms with Crippen LogP contribution in [0, 0.1) is 19.7 Å². The molecule has 0 fully saturated rings. The number of hydrogen-bond donors (Lipinski definition) is 2. The molecule has 0 atom stereocenters. The number of halogens is 1. The number of nitrogens with one attached hydrogen (secondary N) is 2. The molecule has 0 bridgehead atoms. The molecule has 32 heavy (non-hydrogen) atoms. The third-order valence-corrected chi connectivity index (χ3v) is 5.96. The number of carbonyl (C=O) groups excluding carboxylic acids is 1. The van der Waals surface area contributed by atoms with Crippen molar-refractivity contribution in [2.75, 3.05) is 10.6 Å². The van der Waals surface area contributed by atoms with Gasteiger partial charge in [0, 0.05) is 21.7 Å². The van der Waals surface area contributed by atoms with Gasteiger partial charge in [0.15, 0.2) is 10.3 Å². The average molecular weight is 467 g/mol. The zero-order chi connectivity index (χ0) is 22.5. The van der Waals surface area contributed by atoms with Gasteiger partial charge in [0.2, 0.25) is 11.9 Å². The summed E-state index contributed by atoms with van der Waals surface area (Å²) in [6, 6.07) is 13.9. The number of hydrogen-bond acceptors (Lipinski definition) is 8. The maximum absolute atomic E-state index is 13.3. The first-order valence-corrected chi connectivity index (χ1v) is 11.3. The molecule has 2 heterocycles. The van der Waals surface area contributed by atoms with E-state index in [0.717, 1.165) is 9.77 Å². The van der Waals surface area contributed by atoms with Crippen molar-refractivity contribution in [3.05, 3.63) is 76.8 Å². The monoisotopic (exact) mass is 466 g/mol. The number of amides is 1. The molecular weight excluding hydrogens is 447 g/mol. The molecule has 0 radical (unpaired) electrons. The molecule has 1 amide bonds. The minimum atomic E-state index is -0.403. The molecule has 0 unspecified atom stereocenters. The fourth-order valence-corrected chi connectivity index (χ4v) is 4.34. The van der Waals surface area contributed by atoms with Gasteiger partial charge in [-0.2, -0.15) is 9.97 Å². The summed E-state index contributed by atoms with van der Waals surface area (Å²) >= 11 is 2.77. The molecule has 0 aliphatic carbocycles. The molecule has 162 valence electrons. The van der Waals surface area contributed by atoms with Crippen LogP contribution < -0.4 is 10.6 Å². The lowest BCUT2D eigenvalue weighted by molar-refractivity contribution is -0.115. The summed E-state index contributed by atoms with van der Waals surface area (Å²) < 4.78 is 13.3. The van der Waals surface area contributed by atoms with Gasteiger partial charge in [-0.1, -0.05) is 23.8 Å². The number of nitrogens with zero attached hydrogens (tertiary/aromatic N) is 4. The van der Waals surface area contributed by atoms with Crippen LogP contribution in [0.5, 0.6) is 0 Å². The van der Waals surface area contributed by atoms with E-state index in [1.807, 2.05) is 31.2 Å². The molecule has 7 nitrogen and oxygen atoms in total. The van der Waals surface area contributed by atoms with E-state index in [4.69, 9.17) is 0 Å². The van der Waals surface area contributed by atoms with Crippen molar-refractivity contribution < 1.29 is 9.18 Å². The first kappa shape index (κ1) is 21.8. The van der Waals surface area contributed by atoms with Gasteiger partial charge < -0.3 is 5.32 Å². The minimum Gasteiger partial charge on any atom is -0.326 e. The molecule has 2 aromatic carbocycles. The highest BCUT2D eigenvalue weighted by atomic mass is 32.2. The Kier molecular flexibility index (Phi) is 6.72. The van der Waals surface area contributed by atoms with Crippen LogP contribution in [0.3, 0.4) is 0 Å². The Bertz CT molecular complexity index is 1250. The van der Waals surface area contributed by atoms with Crippen LogP contribution in [0.1, 0.15) is 16.3 Å². The number of rotatable bonds is 7.